The van der Waals surface area contributed by atoms with Gasteiger partial charge in [0.25, 0.3) is 0 Å². The molecule has 0 unspecified atom stereocenters. The van der Waals surface area contributed by atoms with Gasteiger partial charge in [0.2, 0.25) is 5.91 Å². The largest absolute Gasteiger partial charge is 0.353 e. The van der Waals surface area contributed by atoms with Crippen LogP contribution in [0.5, 0.6) is 0 Å². The molecule has 0 radical (unpaired) electrons. The fourth-order valence-corrected chi connectivity index (χ4v) is 1.01. The summed E-state index contributed by atoms with van der Waals surface area (Å²) in [6.45, 7) is 1.92. The van der Waals surface area contributed by atoms with Crippen LogP contribution in [0.4, 0.5) is 0 Å². The smallest absolute Gasteiger partial charge is 0.217 e. The zero-order valence-corrected chi connectivity index (χ0v) is 8.43. The van der Waals surface area contributed by atoms with E-state index in [0.717, 1.165) is 0 Å². The van der Waals surface area contributed by atoms with E-state index in [9.17, 15) is 9.59 Å². The maximum Gasteiger partial charge on any atom is 0.217 e. The molecular formula is C11H12N2O2. The Labute approximate surface area is 88.0 Å². The summed E-state index contributed by atoms with van der Waals surface area (Å²) in [5, 5.41) is 2.62. The van der Waals surface area contributed by atoms with Gasteiger partial charge in [0, 0.05) is 13.5 Å². The Bertz CT molecular complexity index is 386. The van der Waals surface area contributed by atoms with E-state index >= 15 is 0 Å². The maximum atomic E-state index is 10.5. The SMILES string of the molecule is CC(=O)NCC=Cc1cccc(C=O)n1. The second-order valence-electron chi connectivity index (χ2n) is 2.94. The molecular weight excluding hydrogens is 192 g/mol. The molecule has 1 N–H and O–H groups in total. The third-order valence-electron chi connectivity index (χ3n) is 1.67. The van der Waals surface area contributed by atoms with E-state index in [1.807, 2.05) is 0 Å². The Morgan fingerprint density at radius 2 is 2.20 bits per heavy atom. The number of pyridine rings is 1. The number of carbonyl (C=O) groups excluding carboxylic acids is 2. The molecule has 0 aliphatic heterocycles. The maximum absolute atomic E-state index is 10.5. The predicted molar refractivity (Wildman–Crippen MR) is 57.3 cm³/mol. The molecule has 0 saturated heterocycles. The molecule has 1 rings (SSSR count). The van der Waals surface area contributed by atoms with Crippen molar-refractivity contribution >= 4 is 18.3 Å². The van der Waals surface area contributed by atoms with Crippen molar-refractivity contribution in [3.8, 4) is 0 Å². The lowest BCUT2D eigenvalue weighted by molar-refractivity contribution is -0.118. The van der Waals surface area contributed by atoms with E-state index in [1.165, 1.54) is 6.92 Å². The van der Waals surface area contributed by atoms with Crippen molar-refractivity contribution in [2.24, 2.45) is 0 Å². The van der Waals surface area contributed by atoms with Crippen LogP contribution in [0.2, 0.25) is 0 Å². The Kier molecular flexibility index (Phi) is 4.22. The van der Waals surface area contributed by atoms with Crippen LogP contribution in [0.3, 0.4) is 0 Å². The van der Waals surface area contributed by atoms with Gasteiger partial charge in [-0.3, -0.25) is 9.59 Å². The first kappa shape index (κ1) is 11.1. The van der Waals surface area contributed by atoms with Crippen molar-refractivity contribution in [3.05, 3.63) is 35.7 Å². The van der Waals surface area contributed by atoms with Crippen molar-refractivity contribution in [3.63, 3.8) is 0 Å². The van der Waals surface area contributed by atoms with Crippen molar-refractivity contribution < 1.29 is 9.59 Å². The van der Waals surface area contributed by atoms with Crippen molar-refractivity contribution in [2.45, 2.75) is 6.92 Å². The number of aromatic nitrogens is 1. The highest BCUT2D eigenvalue weighted by Gasteiger charge is 1.92. The van der Waals surface area contributed by atoms with Crippen LogP contribution in [-0.2, 0) is 4.79 Å². The molecule has 0 atom stereocenters. The van der Waals surface area contributed by atoms with Gasteiger partial charge < -0.3 is 5.32 Å². The van der Waals surface area contributed by atoms with Crippen LogP contribution in [-0.4, -0.2) is 23.7 Å². The first-order valence-corrected chi connectivity index (χ1v) is 4.55. The fraction of sp³-hybridized carbons (Fsp3) is 0.182. The number of rotatable bonds is 4. The molecule has 0 bridgehead atoms. The molecule has 1 aromatic rings. The van der Waals surface area contributed by atoms with E-state index in [-0.39, 0.29) is 5.91 Å². The van der Waals surface area contributed by atoms with Gasteiger partial charge >= 0.3 is 0 Å². The van der Waals surface area contributed by atoms with Crippen LogP contribution >= 0.6 is 0 Å². The first-order valence-electron chi connectivity index (χ1n) is 4.55. The number of hydrogen-bond acceptors (Lipinski definition) is 3. The van der Waals surface area contributed by atoms with Crippen LogP contribution in [0.25, 0.3) is 6.08 Å². The zero-order chi connectivity index (χ0) is 11.1. The lowest BCUT2D eigenvalue weighted by Gasteiger charge is -1.95. The minimum absolute atomic E-state index is 0.0748. The Morgan fingerprint density at radius 1 is 1.47 bits per heavy atom. The number of amides is 1. The number of nitrogens with zero attached hydrogens (tertiary/aromatic N) is 1. The summed E-state index contributed by atoms with van der Waals surface area (Å²) < 4.78 is 0. The van der Waals surface area contributed by atoms with Crippen molar-refractivity contribution in [1.29, 1.82) is 0 Å². The Balaban J connectivity index is 2.56. The van der Waals surface area contributed by atoms with E-state index in [0.29, 0.717) is 24.2 Å². The van der Waals surface area contributed by atoms with Gasteiger partial charge in [0.05, 0.1) is 5.69 Å². The highest BCUT2D eigenvalue weighted by Crippen LogP contribution is 1.99. The highest BCUT2D eigenvalue weighted by atomic mass is 16.1. The molecule has 0 aliphatic carbocycles. The van der Waals surface area contributed by atoms with Crippen LogP contribution < -0.4 is 5.32 Å². The Hall–Kier alpha value is -1.97. The first-order chi connectivity index (χ1) is 7.22. The van der Waals surface area contributed by atoms with Crippen molar-refractivity contribution in [1.82, 2.24) is 10.3 Å². The molecule has 0 aliphatic rings. The monoisotopic (exact) mass is 204 g/mol. The lowest BCUT2D eigenvalue weighted by atomic mass is 10.3. The number of carbonyl (C=O) groups is 2. The van der Waals surface area contributed by atoms with Gasteiger partial charge in [-0.25, -0.2) is 4.98 Å². The molecule has 4 heteroatoms. The van der Waals surface area contributed by atoms with Crippen LogP contribution in [0.1, 0.15) is 23.1 Å². The third kappa shape index (κ3) is 4.17. The number of hydrogen-bond donors (Lipinski definition) is 1. The topological polar surface area (TPSA) is 59.1 Å². The average molecular weight is 204 g/mol. The minimum Gasteiger partial charge on any atom is -0.353 e. The standard InChI is InChI=1S/C11H12N2O2/c1-9(15)12-7-3-6-10-4-2-5-11(8-14)13-10/h2-6,8H,7H2,1H3,(H,12,15). The quantitative estimate of drug-likeness (QED) is 0.745. The van der Waals surface area contributed by atoms with E-state index in [2.05, 4.69) is 10.3 Å². The van der Waals surface area contributed by atoms with E-state index in [1.54, 1.807) is 30.4 Å². The summed E-state index contributed by atoms with van der Waals surface area (Å²) in [6.07, 6.45) is 4.23. The average Bonchev–Trinajstić information content (AvgIpc) is 2.24. The molecule has 0 spiro atoms. The van der Waals surface area contributed by atoms with E-state index in [4.69, 9.17) is 0 Å². The molecule has 0 saturated carbocycles. The van der Waals surface area contributed by atoms with Crippen LogP contribution in [0, 0.1) is 0 Å². The fourth-order valence-electron chi connectivity index (χ4n) is 1.01. The van der Waals surface area contributed by atoms with Gasteiger partial charge in [-0.1, -0.05) is 12.1 Å². The highest BCUT2D eigenvalue weighted by molar-refractivity contribution is 5.73. The van der Waals surface area contributed by atoms with Crippen LogP contribution in [0.15, 0.2) is 24.3 Å². The molecule has 78 valence electrons. The second-order valence-corrected chi connectivity index (χ2v) is 2.94. The minimum atomic E-state index is -0.0748. The Morgan fingerprint density at radius 3 is 2.87 bits per heavy atom. The zero-order valence-electron chi connectivity index (χ0n) is 8.43. The van der Waals surface area contributed by atoms with E-state index < -0.39 is 0 Å². The predicted octanol–water partition coefficient (Wildman–Crippen LogP) is 1.04. The van der Waals surface area contributed by atoms with Gasteiger partial charge in [-0.15, -0.1) is 0 Å². The summed E-state index contributed by atoms with van der Waals surface area (Å²) in [5.74, 6) is -0.0748. The van der Waals surface area contributed by atoms with Gasteiger partial charge in [0.15, 0.2) is 6.29 Å². The third-order valence-corrected chi connectivity index (χ3v) is 1.67. The second kappa shape index (κ2) is 5.70. The van der Waals surface area contributed by atoms with Gasteiger partial charge in [-0.2, -0.15) is 0 Å². The molecule has 1 aromatic heterocycles. The normalized spacial score (nSPS) is 10.2. The molecule has 1 heterocycles. The number of aldehydes is 1. The summed E-state index contributed by atoms with van der Waals surface area (Å²) in [6, 6.07) is 5.18. The van der Waals surface area contributed by atoms with Gasteiger partial charge in [-0.05, 0) is 18.2 Å². The van der Waals surface area contributed by atoms with Crippen molar-refractivity contribution in [2.75, 3.05) is 6.54 Å². The molecule has 1 amide bonds. The molecule has 0 fully saturated rings. The lowest BCUT2D eigenvalue weighted by Crippen LogP contribution is -2.19. The number of nitrogens with one attached hydrogen (secondary N) is 1. The molecule has 4 nitrogen and oxygen atoms in total. The van der Waals surface area contributed by atoms with Gasteiger partial charge in [0.1, 0.15) is 5.69 Å². The summed E-state index contributed by atoms with van der Waals surface area (Å²) in [4.78, 5) is 25.0. The molecule has 15 heavy (non-hydrogen) atoms. The summed E-state index contributed by atoms with van der Waals surface area (Å²) in [7, 11) is 0. The summed E-state index contributed by atoms with van der Waals surface area (Å²) in [5.41, 5.74) is 1.10. The molecule has 0 aromatic carbocycles. The summed E-state index contributed by atoms with van der Waals surface area (Å²) >= 11 is 0.